The summed E-state index contributed by atoms with van der Waals surface area (Å²) in [5, 5.41) is 3.02. The zero-order chi connectivity index (χ0) is 19.4. The summed E-state index contributed by atoms with van der Waals surface area (Å²) in [5.74, 6) is 0.554. The van der Waals surface area contributed by atoms with Crippen LogP contribution >= 0.6 is 0 Å². The summed E-state index contributed by atoms with van der Waals surface area (Å²) in [6.07, 6.45) is 0.692. The molecule has 1 atom stereocenters. The van der Waals surface area contributed by atoms with Crippen LogP contribution in [0, 0.1) is 0 Å². The molecular weight excluding hydrogens is 364 g/mol. The van der Waals surface area contributed by atoms with Crippen LogP contribution in [-0.2, 0) is 10.0 Å². The van der Waals surface area contributed by atoms with Crippen molar-refractivity contribution < 1.29 is 17.9 Å². The van der Waals surface area contributed by atoms with Gasteiger partial charge in [0.1, 0.15) is 5.75 Å². The highest BCUT2D eigenvalue weighted by molar-refractivity contribution is 7.89. The molecule has 0 radical (unpaired) electrons. The fourth-order valence-corrected chi connectivity index (χ4v) is 4.68. The molecule has 0 aromatic heterocycles. The van der Waals surface area contributed by atoms with Gasteiger partial charge in [-0.05, 0) is 30.3 Å². The van der Waals surface area contributed by atoms with Gasteiger partial charge in [-0.2, -0.15) is 4.31 Å². The lowest BCUT2D eigenvalue weighted by Gasteiger charge is -2.26. The van der Waals surface area contributed by atoms with E-state index in [0.29, 0.717) is 31.7 Å². The van der Waals surface area contributed by atoms with E-state index < -0.39 is 10.0 Å². The molecule has 6 nitrogen and oxygen atoms in total. The molecule has 0 aliphatic carbocycles. The van der Waals surface area contributed by atoms with Crippen LogP contribution in [0.1, 0.15) is 42.2 Å². The molecule has 0 saturated heterocycles. The number of amides is 1. The summed E-state index contributed by atoms with van der Waals surface area (Å²) in [5.41, 5.74) is 1.38. The van der Waals surface area contributed by atoms with Crippen LogP contribution in [0.3, 0.4) is 0 Å². The van der Waals surface area contributed by atoms with Gasteiger partial charge in [-0.3, -0.25) is 4.79 Å². The monoisotopic (exact) mass is 388 g/mol. The Balaban J connectivity index is 1.76. The van der Waals surface area contributed by atoms with Crippen LogP contribution in [0.5, 0.6) is 5.75 Å². The van der Waals surface area contributed by atoms with Crippen molar-refractivity contribution in [2.45, 2.75) is 31.2 Å². The number of para-hydroxylation sites is 1. The number of carbonyl (C=O) groups excluding carboxylic acids is 1. The number of nitrogens with one attached hydrogen (secondary N) is 1. The lowest BCUT2D eigenvalue weighted by molar-refractivity contribution is 0.0924. The zero-order valence-electron chi connectivity index (χ0n) is 15.5. The molecule has 0 bridgehead atoms. The standard InChI is InChI=1S/C20H24N2O4S/c1-3-22(4-2)27(24,25)16-11-9-15(10-12-16)20(23)21-18-13-14-26-19-8-6-5-7-17(18)19/h5-12,18H,3-4,13-14H2,1-2H3,(H,21,23)/t18-/m1/s1. The number of hydrogen-bond acceptors (Lipinski definition) is 4. The summed E-state index contributed by atoms with van der Waals surface area (Å²) in [6.45, 7) is 4.96. The lowest BCUT2D eigenvalue weighted by Crippen LogP contribution is -2.32. The molecule has 1 aliphatic rings. The molecule has 2 aromatic carbocycles. The largest absolute Gasteiger partial charge is 0.493 e. The van der Waals surface area contributed by atoms with Crippen LogP contribution < -0.4 is 10.1 Å². The molecule has 0 saturated carbocycles. The number of benzene rings is 2. The topological polar surface area (TPSA) is 75.7 Å². The van der Waals surface area contributed by atoms with Crippen molar-refractivity contribution in [3.8, 4) is 5.75 Å². The third-order valence-corrected chi connectivity index (χ3v) is 6.79. The third kappa shape index (κ3) is 3.99. The molecule has 0 spiro atoms. The number of fused-ring (bicyclic) bond motifs is 1. The van der Waals surface area contributed by atoms with E-state index in [9.17, 15) is 13.2 Å². The number of carbonyl (C=O) groups is 1. The molecule has 1 heterocycles. The normalized spacial score (nSPS) is 16.5. The van der Waals surface area contributed by atoms with Crippen molar-refractivity contribution in [1.82, 2.24) is 9.62 Å². The predicted molar refractivity (Wildman–Crippen MR) is 103 cm³/mol. The molecule has 27 heavy (non-hydrogen) atoms. The number of rotatable bonds is 6. The first-order chi connectivity index (χ1) is 13.0. The average Bonchev–Trinajstić information content (AvgIpc) is 2.69. The molecular formula is C20H24N2O4S. The summed E-state index contributed by atoms with van der Waals surface area (Å²) in [7, 11) is -3.53. The van der Waals surface area contributed by atoms with Gasteiger partial charge in [0.25, 0.3) is 5.91 Å². The van der Waals surface area contributed by atoms with E-state index in [4.69, 9.17) is 4.74 Å². The fraction of sp³-hybridized carbons (Fsp3) is 0.350. The van der Waals surface area contributed by atoms with Crippen LogP contribution in [0.15, 0.2) is 53.4 Å². The molecule has 1 N–H and O–H groups in total. The van der Waals surface area contributed by atoms with E-state index >= 15 is 0 Å². The van der Waals surface area contributed by atoms with Gasteiger partial charge in [-0.1, -0.05) is 32.0 Å². The first-order valence-corrected chi connectivity index (χ1v) is 10.5. The van der Waals surface area contributed by atoms with E-state index in [0.717, 1.165) is 11.3 Å². The Kier molecular flexibility index (Phi) is 5.82. The van der Waals surface area contributed by atoms with E-state index in [1.165, 1.54) is 16.4 Å². The van der Waals surface area contributed by atoms with E-state index in [1.54, 1.807) is 26.0 Å². The van der Waals surface area contributed by atoms with Crippen LogP contribution in [-0.4, -0.2) is 38.3 Å². The highest BCUT2D eigenvalue weighted by atomic mass is 32.2. The molecule has 0 fully saturated rings. The third-order valence-electron chi connectivity index (χ3n) is 4.72. The van der Waals surface area contributed by atoms with Gasteiger partial charge < -0.3 is 10.1 Å². The quantitative estimate of drug-likeness (QED) is 0.825. The number of ether oxygens (including phenoxy) is 1. The smallest absolute Gasteiger partial charge is 0.251 e. The van der Waals surface area contributed by atoms with Gasteiger partial charge in [-0.25, -0.2) is 8.42 Å². The van der Waals surface area contributed by atoms with Crippen LogP contribution in [0.4, 0.5) is 0 Å². The Morgan fingerprint density at radius 2 is 1.78 bits per heavy atom. The maximum atomic E-state index is 12.6. The second-order valence-corrected chi connectivity index (χ2v) is 8.25. The van der Waals surface area contributed by atoms with Crippen LogP contribution in [0.25, 0.3) is 0 Å². The SMILES string of the molecule is CCN(CC)S(=O)(=O)c1ccc(C(=O)N[C@@H]2CCOc3ccccc32)cc1. The highest BCUT2D eigenvalue weighted by Gasteiger charge is 2.24. The molecule has 3 rings (SSSR count). The van der Waals surface area contributed by atoms with Crippen molar-refractivity contribution in [2.75, 3.05) is 19.7 Å². The fourth-order valence-electron chi connectivity index (χ4n) is 3.22. The molecule has 1 amide bonds. The minimum absolute atomic E-state index is 0.124. The zero-order valence-corrected chi connectivity index (χ0v) is 16.3. The summed E-state index contributed by atoms with van der Waals surface area (Å²) in [6, 6.07) is 13.6. The lowest BCUT2D eigenvalue weighted by atomic mass is 10.00. The second-order valence-electron chi connectivity index (χ2n) is 6.31. The Labute approximate surface area is 160 Å². The average molecular weight is 388 g/mol. The van der Waals surface area contributed by atoms with Crippen LogP contribution in [0.2, 0.25) is 0 Å². The molecule has 0 unspecified atom stereocenters. The van der Waals surface area contributed by atoms with Crippen molar-refractivity contribution in [2.24, 2.45) is 0 Å². The van der Waals surface area contributed by atoms with E-state index in [2.05, 4.69) is 5.32 Å². The van der Waals surface area contributed by atoms with Crippen molar-refractivity contribution >= 4 is 15.9 Å². The molecule has 144 valence electrons. The summed E-state index contributed by atoms with van der Waals surface area (Å²) < 4.78 is 32.1. The first kappa shape index (κ1) is 19.4. The van der Waals surface area contributed by atoms with Crippen molar-refractivity contribution in [1.29, 1.82) is 0 Å². The van der Waals surface area contributed by atoms with Gasteiger partial charge in [0, 0.05) is 30.6 Å². The molecule has 1 aliphatic heterocycles. The minimum atomic E-state index is -3.53. The highest BCUT2D eigenvalue weighted by Crippen LogP contribution is 2.31. The van der Waals surface area contributed by atoms with Gasteiger partial charge in [0.15, 0.2) is 0 Å². The molecule has 2 aromatic rings. The minimum Gasteiger partial charge on any atom is -0.493 e. The van der Waals surface area contributed by atoms with Crippen molar-refractivity contribution in [3.63, 3.8) is 0 Å². The van der Waals surface area contributed by atoms with E-state index in [-0.39, 0.29) is 16.8 Å². The van der Waals surface area contributed by atoms with Gasteiger partial charge >= 0.3 is 0 Å². The summed E-state index contributed by atoms with van der Waals surface area (Å²) >= 11 is 0. The Hall–Kier alpha value is -2.38. The van der Waals surface area contributed by atoms with Gasteiger partial charge in [0.2, 0.25) is 10.0 Å². The van der Waals surface area contributed by atoms with Gasteiger partial charge in [-0.15, -0.1) is 0 Å². The van der Waals surface area contributed by atoms with Gasteiger partial charge in [0.05, 0.1) is 17.5 Å². The summed E-state index contributed by atoms with van der Waals surface area (Å²) in [4.78, 5) is 12.8. The van der Waals surface area contributed by atoms with E-state index in [1.807, 2.05) is 24.3 Å². The Morgan fingerprint density at radius 3 is 2.44 bits per heavy atom. The first-order valence-electron chi connectivity index (χ1n) is 9.10. The maximum Gasteiger partial charge on any atom is 0.251 e. The second kappa shape index (κ2) is 8.10. The predicted octanol–water partition coefficient (Wildman–Crippen LogP) is 2.97. The molecule has 7 heteroatoms. The Bertz CT molecular complexity index is 906. The number of hydrogen-bond donors (Lipinski definition) is 1. The Morgan fingerprint density at radius 1 is 1.11 bits per heavy atom. The van der Waals surface area contributed by atoms with Crippen molar-refractivity contribution in [3.05, 3.63) is 59.7 Å². The maximum absolute atomic E-state index is 12.6. The number of nitrogens with zero attached hydrogens (tertiary/aromatic N) is 1. The number of sulfonamides is 1.